The molecule has 0 spiro atoms. The van der Waals surface area contributed by atoms with Gasteiger partial charge in [-0.05, 0) is 12.5 Å². The van der Waals surface area contributed by atoms with Crippen LogP contribution in [0.1, 0.15) is 12.5 Å². The summed E-state index contributed by atoms with van der Waals surface area (Å²) < 4.78 is 26.0. The van der Waals surface area contributed by atoms with Crippen molar-refractivity contribution < 1.29 is 18.3 Å². The molecule has 1 rings (SSSR count). The molecule has 0 amide bonds. The van der Waals surface area contributed by atoms with Crippen molar-refractivity contribution in [2.75, 3.05) is 0 Å². The Morgan fingerprint density at radius 2 is 2.12 bits per heavy atom. The van der Waals surface area contributed by atoms with Gasteiger partial charge in [0.25, 0.3) is 0 Å². The van der Waals surface area contributed by atoms with E-state index in [2.05, 4.69) is 4.72 Å². The van der Waals surface area contributed by atoms with Crippen LogP contribution >= 0.6 is 0 Å². The molecule has 1 aromatic carbocycles. The Kier molecular flexibility index (Phi) is 5.10. The molecule has 0 aliphatic rings. The van der Waals surface area contributed by atoms with E-state index in [4.69, 9.17) is 9.29 Å². The maximum absolute atomic E-state index is 11.3. The zero-order chi connectivity index (χ0) is 12.0. The summed E-state index contributed by atoms with van der Waals surface area (Å²) in [5, 5.41) is 0. The van der Waals surface area contributed by atoms with Gasteiger partial charge in [0.1, 0.15) is 12.6 Å². The molecular weight excluding hydrogens is 230 g/mol. The van der Waals surface area contributed by atoms with E-state index in [0.29, 0.717) is 0 Å². The first-order valence-electron chi connectivity index (χ1n) is 4.67. The summed E-state index contributed by atoms with van der Waals surface area (Å²) in [4.78, 5) is 11.3. The lowest BCUT2D eigenvalue weighted by atomic mass is 10.2. The Balaban J connectivity index is 2.38. The fourth-order valence-electron chi connectivity index (χ4n) is 1.05. The minimum atomic E-state index is -2.22. The number of carbonyl (C=O) groups is 1. The number of hydrogen-bond acceptors (Lipinski definition) is 3. The highest BCUT2D eigenvalue weighted by atomic mass is 32.2. The summed E-state index contributed by atoms with van der Waals surface area (Å²) in [6, 6.07) is 8.39. The Hall–Kier alpha value is -1.24. The highest BCUT2D eigenvalue weighted by molar-refractivity contribution is 7.77. The van der Waals surface area contributed by atoms with Crippen LogP contribution in [0.2, 0.25) is 0 Å². The lowest BCUT2D eigenvalue weighted by Crippen LogP contribution is -2.36. The Morgan fingerprint density at radius 1 is 1.50 bits per heavy atom. The van der Waals surface area contributed by atoms with Crippen molar-refractivity contribution in [2.45, 2.75) is 19.6 Å². The maximum Gasteiger partial charge on any atom is 0.324 e. The monoisotopic (exact) mass is 243 g/mol. The molecule has 0 aliphatic heterocycles. The number of benzene rings is 1. The van der Waals surface area contributed by atoms with Crippen molar-refractivity contribution in [3.05, 3.63) is 35.9 Å². The molecule has 0 bridgehead atoms. The van der Waals surface area contributed by atoms with Crippen LogP contribution in [0.5, 0.6) is 0 Å². The van der Waals surface area contributed by atoms with Crippen LogP contribution in [0.3, 0.4) is 0 Å². The van der Waals surface area contributed by atoms with E-state index >= 15 is 0 Å². The summed E-state index contributed by atoms with van der Waals surface area (Å²) in [6.07, 6.45) is 0. The van der Waals surface area contributed by atoms with E-state index < -0.39 is 23.3 Å². The van der Waals surface area contributed by atoms with Crippen molar-refractivity contribution in [3.8, 4) is 0 Å². The second kappa shape index (κ2) is 6.37. The third kappa shape index (κ3) is 4.52. The number of nitrogens with one attached hydrogen (secondary N) is 1. The Morgan fingerprint density at radius 3 is 2.69 bits per heavy atom. The third-order valence-electron chi connectivity index (χ3n) is 1.86. The molecule has 6 heteroatoms. The number of hydrogen-bond donors (Lipinski definition) is 2. The second-order valence-corrected chi connectivity index (χ2v) is 3.92. The van der Waals surface area contributed by atoms with Gasteiger partial charge in [-0.1, -0.05) is 30.3 Å². The highest BCUT2D eigenvalue weighted by Gasteiger charge is 2.15. The van der Waals surface area contributed by atoms with Gasteiger partial charge in [-0.3, -0.25) is 9.35 Å². The highest BCUT2D eigenvalue weighted by Crippen LogP contribution is 2.01. The van der Waals surface area contributed by atoms with Crippen LogP contribution in [0, 0.1) is 0 Å². The van der Waals surface area contributed by atoms with Crippen molar-refractivity contribution in [2.24, 2.45) is 0 Å². The summed E-state index contributed by atoms with van der Waals surface area (Å²) in [7, 11) is 0. The van der Waals surface area contributed by atoms with E-state index in [1.54, 1.807) is 0 Å². The largest absolute Gasteiger partial charge is 0.460 e. The first-order chi connectivity index (χ1) is 7.59. The first-order valence-corrected chi connectivity index (χ1v) is 5.78. The van der Waals surface area contributed by atoms with E-state index in [0.717, 1.165) is 5.56 Å². The van der Waals surface area contributed by atoms with Crippen LogP contribution in [0.15, 0.2) is 30.3 Å². The van der Waals surface area contributed by atoms with Crippen LogP contribution in [-0.4, -0.2) is 20.8 Å². The average molecular weight is 243 g/mol. The molecule has 0 aromatic heterocycles. The zero-order valence-corrected chi connectivity index (χ0v) is 9.57. The summed E-state index contributed by atoms with van der Waals surface area (Å²) in [5.74, 6) is -0.564. The molecule has 1 aromatic rings. The van der Waals surface area contributed by atoms with Gasteiger partial charge >= 0.3 is 5.97 Å². The van der Waals surface area contributed by atoms with E-state index in [9.17, 15) is 9.00 Å². The summed E-state index contributed by atoms with van der Waals surface area (Å²) in [6.45, 7) is 1.62. The van der Waals surface area contributed by atoms with Gasteiger partial charge < -0.3 is 4.74 Å². The van der Waals surface area contributed by atoms with Crippen molar-refractivity contribution in [1.29, 1.82) is 0 Å². The molecule has 2 atom stereocenters. The number of ether oxygens (including phenoxy) is 1. The molecule has 0 saturated carbocycles. The quantitative estimate of drug-likeness (QED) is 0.593. The predicted octanol–water partition coefficient (Wildman–Crippen LogP) is 0.845. The van der Waals surface area contributed by atoms with Gasteiger partial charge in [-0.15, -0.1) is 0 Å². The van der Waals surface area contributed by atoms with E-state index in [1.165, 1.54) is 6.92 Å². The molecule has 0 fully saturated rings. The van der Waals surface area contributed by atoms with Gasteiger partial charge in [-0.25, -0.2) is 8.93 Å². The second-order valence-electron chi connectivity index (χ2n) is 3.18. The number of esters is 1. The molecular formula is C10H13NO4S. The number of carbonyl (C=O) groups excluding carboxylic acids is 1. The van der Waals surface area contributed by atoms with Gasteiger partial charge in [0, 0.05) is 0 Å². The molecule has 2 N–H and O–H groups in total. The van der Waals surface area contributed by atoms with E-state index in [-0.39, 0.29) is 6.61 Å². The van der Waals surface area contributed by atoms with Crippen LogP contribution in [0.25, 0.3) is 0 Å². The molecule has 88 valence electrons. The fourth-order valence-corrected chi connectivity index (χ4v) is 1.45. The van der Waals surface area contributed by atoms with Gasteiger partial charge in [0.15, 0.2) is 0 Å². The summed E-state index contributed by atoms with van der Waals surface area (Å²) in [5.41, 5.74) is 0.869. The Bertz CT molecular complexity index is 368. The average Bonchev–Trinajstić information content (AvgIpc) is 2.26. The van der Waals surface area contributed by atoms with Gasteiger partial charge in [0.2, 0.25) is 11.3 Å². The van der Waals surface area contributed by atoms with Gasteiger partial charge in [0.05, 0.1) is 0 Å². The van der Waals surface area contributed by atoms with Crippen molar-refractivity contribution in [3.63, 3.8) is 0 Å². The van der Waals surface area contributed by atoms with Crippen molar-refractivity contribution in [1.82, 2.24) is 4.72 Å². The van der Waals surface area contributed by atoms with Crippen LogP contribution in [0.4, 0.5) is 0 Å². The lowest BCUT2D eigenvalue weighted by molar-refractivity contribution is -0.146. The third-order valence-corrected chi connectivity index (χ3v) is 2.41. The van der Waals surface area contributed by atoms with Crippen LogP contribution in [-0.2, 0) is 27.4 Å². The first kappa shape index (κ1) is 12.8. The lowest BCUT2D eigenvalue weighted by Gasteiger charge is -2.10. The van der Waals surface area contributed by atoms with Crippen LogP contribution < -0.4 is 4.72 Å². The normalized spacial score (nSPS) is 14.1. The van der Waals surface area contributed by atoms with Gasteiger partial charge in [-0.2, -0.15) is 0 Å². The minimum absolute atomic E-state index is 0.157. The van der Waals surface area contributed by atoms with Crippen molar-refractivity contribution >= 4 is 17.2 Å². The minimum Gasteiger partial charge on any atom is -0.460 e. The Labute approximate surface area is 96.2 Å². The molecule has 0 saturated heterocycles. The van der Waals surface area contributed by atoms with E-state index in [1.807, 2.05) is 30.3 Å². The standard InChI is InChI=1S/C10H13NO4S/c1-8(11-16(13)14)10(12)15-7-9-5-3-2-4-6-9/h2-6,8,11H,7H2,1H3,(H,13,14). The fraction of sp³-hybridized carbons (Fsp3) is 0.300. The zero-order valence-electron chi connectivity index (χ0n) is 8.75. The maximum atomic E-state index is 11.3. The summed E-state index contributed by atoms with van der Waals surface area (Å²) >= 11 is -2.22. The predicted molar refractivity (Wildman–Crippen MR) is 59.6 cm³/mol. The molecule has 0 aliphatic carbocycles. The molecule has 5 nitrogen and oxygen atoms in total. The molecule has 16 heavy (non-hydrogen) atoms. The SMILES string of the molecule is CC(NS(=O)O)C(=O)OCc1ccccc1. The molecule has 0 heterocycles. The smallest absolute Gasteiger partial charge is 0.324 e. The molecule has 0 radical (unpaired) electrons. The molecule has 2 unspecified atom stereocenters. The topological polar surface area (TPSA) is 75.6 Å². The number of rotatable bonds is 5.